The Balaban J connectivity index is 2.13. The van der Waals surface area contributed by atoms with Crippen molar-refractivity contribution in [3.63, 3.8) is 0 Å². The Morgan fingerprint density at radius 1 is 1.52 bits per heavy atom. The fraction of sp³-hybridized carbons (Fsp3) is 0.545. The summed E-state index contributed by atoms with van der Waals surface area (Å²) in [6, 6.07) is 0. The summed E-state index contributed by atoms with van der Waals surface area (Å²) in [7, 11) is 0. The van der Waals surface area contributed by atoms with Gasteiger partial charge in [-0.25, -0.2) is 4.98 Å². The Labute approximate surface area is 129 Å². The molecule has 21 heavy (non-hydrogen) atoms. The van der Waals surface area contributed by atoms with Gasteiger partial charge in [0.15, 0.2) is 17.0 Å². The van der Waals surface area contributed by atoms with Gasteiger partial charge in [-0.3, -0.25) is 4.57 Å². The third-order valence-electron chi connectivity index (χ3n) is 3.55. The number of rotatable bonds is 2. The van der Waals surface area contributed by atoms with Crippen LogP contribution in [-0.2, 0) is 4.74 Å². The van der Waals surface area contributed by atoms with Crippen LogP contribution >= 0.6 is 23.2 Å². The lowest BCUT2D eigenvalue weighted by Crippen LogP contribution is -2.39. The highest BCUT2D eigenvalue weighted by atomic mass is 35.5. The maximum absolute atomic E-state index is 10.1. The molecule has 0 bridgehead atoms. The summed E-state index contributed by atoms with van der Waals surface area (Å²) in [6.45, 7) is 1.25. The smallest absolute Gasteiger partial charge is 0.223 e. The number of nitrogen functional groups attached to an aromatic ring is 1. The van der Waals surface area contributed by atoms with E-state index in [0.29, 0.717) is 11.2 Å². The van der Waals surface area contributed by atoms with Crippen molar-refractivity contribution in [3.8, 4) is 0 Å². The van der Waals surface area contributed by atoms with Crippen molar-refractivity contribution in [2.75, 3.05) is 12.3 Å². The van der Waals surface area contributed by atoms with E-state index in [1.807, 2.05) is 0 Å². The first-order valence-electron chi connectivity index (χ1n) is 6.15. The molecule has 1 aliphatic heterocycles. The number of imidazole rings is 1. The minimum Gasteiger partial charge on any atom is -0.394 e. The first-order valence-corrected chi connectivity index (χ1v) is 6.90. The predicted molar refractivity (Wildman–Crippen MR) is 76.0 cm³/mol. The molecule has 1 saturated heterocycles. The average Bonchev–Trinajstić information content (AvgIpc) is 2.91. The summed E-state index contributed by atoms with van der Waals surface area (Å²) >= 11 is 12.4. The Kier molecular flexibility index (Phi) is 3.45. The SMILES string of the molecule is C[C@@]1(Cl)[C@H](O)[C@@H](CO)O[C@H]1n1cnc2c(Cl)nc(N)nc21. The normalized spacial score (nSPS) is 32.9. The summed E-state index contributed by atoms with van der Waals surface area (Å²) in [4.78, 5) is 10.8. The van der Waals surface area contributed by atoms with E-state index in [9.17, 15) is 10.2 Å². The van der Waals surface area contributed by atoms with Gasteiger partial charge in [-0.2, -0.15) is 9.97 Å². The molecule has 0 aliphatic carbocycles. The van der Waals surface area contributed by atoms with Gasteiger partial charge in [-0.05, 0) is 6.92 Å². The van der Waals surface area contributed by atoms with Gasteiger partial charge in [0.05, 0.1) is 12.9 Å². The molecule has 0 amide bonds. The molecule has 10 heteroatoms. The fourth-order valence-corrected chi connectivity index (χ4v) is 2.95. The molecule has 0 aromatic carbocycles. The number of nitrogens with two attached hydrogens (primary N) is 1. The van der Waals surface area contributed by atoms with Crippen LogP contribution in [0.1, 0.15) is 13.2 Å². The van der Waals surface area contributed by atoms with Crippen molar-refractivity contribution in [1.29, 1.82) is 0 Å². The van der Waals surface area contributed by atoms with E-state index in [1.54, 1.807) is 6.92 Å². The maximum Gasteiger partial charge on any atom is 0.223 e. The number of hydrogen-bond donors (Lipinski definition) is 3. The van der Waals surface area contributed by atoms with Crippen LogP contribution in [0.2, 0.25) is 5.15 Å². The van der Waals surface area contributed by atoms with Crippen molar-refractivity contribution in [1.82, 2.24) is 19.5 Å². The number of alkyl halides is 1. The zero-order valence-electron chi connectivity index (χ0n) is 10.9. The van der Waals surface area contributed by atoms with Gasteiger partial charge in [0, 0.05) is 0 Å². The molecule has 8 nitrogen and oxygen atoms in total. The summed E-state index contributed by atoms with van der Waals surface area (Å²) in [5.41, 5.74) is 6.28. The molecular weight excluding hydrogens is 321 g/mol. The second kappa shape index (κ2) is 4.92. The quantitative estimate of drug-likeness (QED) is 0.534. The third-order valence-corrected chi connectivity index (χ3v) is 4.22. The minimum atomic E-state index is -1.17. The van der Waals surface area contributed by atoms with E-state index in [4.69, 9.17) is 33.7 Å². The molecule has 0 spiro atoms. The lowest BCUT2D eigenvalue weighted by molar-refractivity contribution is -0.0441. The summed E-state index contributed by atoms with van der Waals surface area (Å²) < 4.78 is 7.14. The number of aliphatic hydroxyl groups excluding tert-OH is 2. The van der Waals surface area contributed by atoms with Crippen LogP contribution in [0, 0.1) is 0 Å². The number of nitrogens with zero attached hydrogens (tertiary/aromatic N) is 4. The van der Waals surface area contributed by atoms with Gasteiger partial charge in [0.25, 0.3) is 0 Å². The minimum absolute atomic E-state index is 0.0113. The van der Waals surface area contributed by atoms with Gasteiger partial charge < -0.3 is 20.7 Å². The Morgan fingerprint density at radius 3 is 2.86 bits per heavy atom. The molecule has 1 aliphatic rings. The number of anilines is 1. The van der Waals surface area contributed by atoms with Crippen molar-refractivity contribution in [2.24, 2.45) is 0 Å². The molecule has 0 saturated carbocycles. The van der Waals surface area contributed by atoms with E-state index < -0.39 is 23.3 Å². The molecule has 0 unspecified atom stereocenters. The highest BCUT2D eigenvalue weighted by Gasteiger charge is 2.53. The summed E-state index contributed by atoms with van der Waals surface area (Å²) in [6.07, 6.45) is -1.21. The van der Waals surface area contributed by atoms with Crippen molar-refractivity contribution < 1.29 is 14.9 Å². The average molecular weight is 334 g/mol. The molecule has 1 fully saturated rings. The molecule has 4 atom stereocenters. The number of ether oxygens (including phenoxy) is 1. The molecule has 3 rings (SSSR count). The summed E-state index contributed by atoms with van der Waals surface area (Å²) in [5, 5.41) is 19.5. The lowest BCUT2D eigenvalue weighted by atomic mass is 10.0. The van der Waals surface area contributed by atoms with Gasteiger partial charge in [-0.1, -0.05) is 11.6 Å². The van der Waals surface area contributed by atoms with Crippen LogP contribution in [-0.4, -0.2) is 53.4 Å². The molecule has 0 radical (unpaired) electrons. The van der Waals surface area contributed by atoms with Crippen LogP contribution in [0.5, 0.6) is 0 Å². The highest BCUT2D eigenvalue weighted by molar-refractivity contribution is 6.33. The molecule has 2 aromatic heterocycles. The van der Waals surface area contributed by atoms with E-state index >= 15 is 0 Å². The molecule has 114 valence electrons. The largest absolute Gasteiger partial charge is 0.394 e. The molecule has 4 N–H and O–H groups in total. The number of halogens is 2. The predicted octanol–water partition coefficient (Wildman–Crippen LogP) is 0.310. The lowest BCUT2D eigenvalue weighted by Gasteiger charge is -2.26. The van der Waals surface area contributed by atoms with Crippen LogP contribution in [0.25, 0.3) is 11.2 Å². The van der Waals surface area contributed by atoms with E-state index in [2.05, 4.69) is 15.0 Å². The van der Waals surface area contributed by atoms with Crippen molar-refractivity contribution in [2.45, 2.75) is 30.2 Å². The Morgan fingerprint density at radius 2 is 2.24 bits per heavy atom. The number of aliphatic hydroxyl groups is 2. The standard InChI is InChI=1S/C11H13Cl2N5O3/c1-11(13)6(20)4(2-19)21-9(11)18-3-15-5-7(12)16-10(14)17-8(5)18/h3-4,6,9,19-20H,2H2,1H3,(H2,14,16,17)/t4-,6-,9-,11-/m1/s1. The van der Waals surface area contributed by atoms with Gasteiger partial charge in [0.1, 0.15) is 22.6 Å². The Bertz CT molecular complexity index is 692. The van der Waals surface area contributed by atoms with E-state index in [-0.39, 0.29) is 17.7 Å². The van der Waals surface area contributed by atoms with Crippen molar-refractivity contribution in [3.05, 3.63) is 11.5 Å². The highest BCUT2D eigenvalue weighted by Crippen LogP contribution is 2.44. The first-order chi connectivity index (χ1) is 9.86. The fourth-order valence-electron chi connectivity index (χ4n) is 2.43. The molecule has 2 aromatic rings. The number of aromatic nitrogens is 4. The van der Waals surface area contributed by atoms with E-state index in [0.717, 1.165) is 0 Å². The van der Waals surface area contributed by atoms with Gasteiger partial charge in [-0.15, -0.1) is 11.6 Å². The maximum atomic E-state index is 10.1. The van der Waals surface area contributed by atoms with Crippen molar-refractivity contribution >= 4 is 40.3 Å². The van der Waals surface area contributed by atoms with Gasteiger partial charge in [0.2, 0.25) is 5.95 Å². The topological polar surface area (TPSA) is 119 Å². The van der Waals surface area contributed by atoms with E-state index in [1.165, 1.54) is 10.9 Å². The second-order valence-electron chi connectivity index (χ2n) is 5.00. The molecular formula is C11H13Cl2N5O3. The number of fused-ring (bicyclic) bond motifs is 1. The second-order valence-corrected chi connectivity index (χ2v) is 6.17. The zero-order valence-corrected chi connectivity index (χ0v) is 12.5. The van der Waals surface area contributed by atoms with Gasteiger partial charge >= 0.3 is 0 Å². The monoisotopic (exact) mass is 333 g/mol. The van der Waals surface area contributed by atoms with Crippen LogP contribution in [0.4, 0.5) is 5.95 Å². The zero-order chi connectivity index (χ0) is 15.4. The first kappa shape index (κ1) is 14.7. The van der Waals surface area contributed by atoms with Crippen LogP contribution in [0.15, 0.2) is 6.33 Å². The Hall–Kier alpha value is -1.19. The summed E-state index contributed by atoms with van der Waals surface area (Å²) in [5.74, 6) is -0.0113. The number of hydrogen-bond acceptors (Lipinski definition) is 7. The third kappa shape index (κ3) is 2.14. The molecule has 3 heterocycles. The van der Waals surface area contributed by atoms with Crippen LogP contribution < -0.4 is 5.73 Å². The van der Waals surface area contributed by atoms with Crippen LogP contribution in [0.3, 0.4) is 0 Å².